The van der Waals surface area contributed by atoms with Gasteiger partial charge in [-0.25, -0.2) is 0 Å². The molecular formula is C11H24N2O2. The Balaban J connectivity index is 2.22. The highest BCUT2D eigenvalue weighted by Crippen LogP contribution is 2.17. The number of likely N-dealkylation sites (N-methyl/N-ethyl adjacent to an activating group) is 1. The van der Waals surface area contributed by atoms with Gasteiger partial charge in [-0.05, 0) is 33.9 Å². The molecule has 1 aliphatic heterocycles. The molecular weight excluding hydrogens is 192 g/mol. The fraction of sp³-hybridized carbons (Fsp3) is 1.00. The Hall–Kier alpha value is -0.160. The molecule has 0 saturated carbocycles. The molecule has 1 saturated heterocycles. The van der Waals surface area contributed by atoms with Crippen LogP contribution in [-0.4, -0.2) is 62.0 Å². The van der Waals surface area contributed by atoms with Crippen LogP contribution in [0.15, 0.2) is 0 Å². The van der Waals surface area contributed by atoms with Gasteiger partial charge in [0.05, 0.1) is 12.7 Å². The molecule has 4 nitrogen and oxygen atoms in total. The van der Waals surface area contributed by atoms with Gasteiger partial charge in [0.15, 0.2) is 0 Å². The first kappa shape index (κ1) is 12.9. The zero-order valence-corrected chi connectivity index (χ0v) is 10.1. The van der Waals surface area contributed by atoms with Crippen molar-refractivity contribution in [2.45, 2.75) is 31.4 Å². The molecule has 0 aromatic carbocycles. The van der Waals surface area contributed by atoms with Gasteiger partial charge in [-0.2, -0.15) is 0 Å². The topological polar surface area (TPSA) is 44.7 Å². The quantitative estimate of drug-likeness (QED) is 0.682. The maximum Gasteiger partial charge on any atom is 0.0791 e. The van der Waals surface area contributed by atoms with E-state index in [9.17, 15) is 5.11 Å². The first-order chi connectivity index (χ1) is 7.02. The molecule has 0 bridgehead atoms. The third kappa shape index (κ3) is 4.93. The Labute approximate surface area is 92.6 Å². The van der Waals surface area contributed by atoms with E-state index in [1.54, 1.807) is 0 Å². The first-order valence-electron chi connectivity index (χ1n) is 5.67. The first-order valence-corrected chi connectivity index (χ1v) is 5.67. The Morgan fingerprint density at radius 1 is 1.53 bits per heavy atom. The van der Waals surface area contributed by atoms with E-state index in [0.717, 1.165) is 26.1 Å². The van der Waals surface area contributed by atoms with Gasteiger partial charge < -0.3 is 20.1 Å². The van der Waals surface area contributed by atoms with Gasteiger partial charge in [-0.3, -0.25) is 0 Å². The monoisotopic (exact) mass is 216 g/mol. The third-order valence-electron chi connectivity index (χ3n) is 2.78. The van der Waals surface area contributed by atoms with E-state index in [1.165, 1.54) is 0 Å². The predicted octanol–water partition coefficient (Wildman–Crippen LogP) is 0.0676. The maximum atomic E-state index is 9.72. The Morgan fingerprint density at radius 3 is 2.80 bits per heavy atom. The van der Waals surface area contributed by atoms with Crippen molar-refractivity contribution >= 4 is 0 Å². The number of nitrogens with zero attached hydrogens (tertiary/aromatic N) is 1. The van der Waals surface area contributed by atoms with E-state index in [0.29, 0.717) is 13.1 Å². The van der Waals surface area contributed by atoms with E-state index in [2.05, 4.69) is 12.2 Å². The number of nitrogens with one attached hydrogen (secondary N) is 1. The molecule has 0 spiro atoms. The number of β-amino-alcohol motifs (C(OH)–C–C–N with tert-alkyl or cyclic N) is 1. The van der Waals surface area contributed by atoms with Gasteiger partial charge in [0.25, 0.3) is 0 Å². The van der Waals surface area contributed by atoms with Gasteiger partial charge in [0.1, 0.15) is 0 Å². The molecule has 0 aromatic rings. The van der Waals surface area contributed by atoms with Gasteiger partial charge >= 0.3 is 0 Å². The minimum atomic E-state index is -0.307. The van der Waals surface area contributed by atoms with Crippen LogP contribution in [0.1, 0.15) is 19.8 Å². The smallest absolute Gasteiger partial charge is 0.0791 e. The average molecular weight is 216 g/mol. The van der Waals surface area contributed by atoms with Crippen molar-refractivity contribution in [3.63, 3.8) is 0 Å². The highest BCUT2D eigenvalue weighted by Gasteiger charge is 2.27. The van der Waals surface area contributed by atoms with Crippen LogP contribution in [0.3, 0.4) is 0 Å². The second kappa shape index (κ2) is 5.80. The normalized spacial score (nSPS) is 29.4. The summed E-state index contributed by atoms with van der Waals surface area (Å²) >= 11 is 0. The van der Waals surface area contributed by atoms with Crippen LogP contribution in [0.4, 0.5) is 0 Å². The number of hydrogen-bond acceptors (Lipinski definition) is 4. The number of aliphatic hydroxyl groups excluding tert-OH is 1. The van der Waals surface area contributed by atoms with E-state index >= 15 is 0 Å². The van der Waals surface area contributed by atoms with Crippen molar-refractivity contribution in [3.05, 3.63) is 0 Å². The van der Waals surface area contributed by atoms with Gasteiger partial charge in [-0.15, -0.1) is 0 Å². The van der Waals surface area contributed by atoms with Crippen LogP contribution < -0.4 is 5.32 Å². The molecule has 1 rings (SSSR count). The van der Waals surface area contributed by atoms with Crippen molar-refractivity contribution in [1.29, 1.82) is 0 Å². The molecule has 1 heterocycles. The molecule has 2 atom stereocenters. The SMILES string of the molecule is CN(C)CC(O)CNC1(C)CCCOC1. The minimum absolute atomic E-state index is 0.0472. The lowest BCUT2D eigenvalue weighted by Gasteiger charge is -2.35. The van der Waals surface area contributed by atoms with E-state index in [-0.39, 0.29) is 11.6 Å². The molecule has 1 fully saturated rings. The van der Waals surface area contributed by atoms with Crippen LogP contribution >= 0.6 is 0 Å². The summed E-state index contributed by atoms with van der Waals surface area (Å²) in [5.74, 6) is 0. The van der Waals surface area contributed by atoms with Crippen LogP contribution in [0.25, 0.3) is 0 Å². The molecule has 1 aliphatic rings. The van der Waals surface area contributed by atoms with Gasteiger partial charge in [0, 0.05) is 25.2 Å². The summed E-state index contributed by atoms with van der Waals surface area (Å²) in [6.45, 7) is 5.12. The summed E-state index contributed by atoms with van der Waals surface area (Å²) in [6.07, 6.45) is 1.92. The third-order valence-corrected chi connectivity index (χ3v) is 2.78. The molecule has 90 valence electrons. The summed E-state index contributed by atoms with van der Waals surface area (Å²) in [6, 6.07) is 0. The lowest BCUT2D eigenvalue weighted by Crippen LogP contribution is -2.52. The number of rotatable bonds is 5. The molecule has 0 aromatic heterocycles. The fourth-order valence-corrected chi connectivity index (χ4v) is 1.92. The number of aliphatic hydroxyl groups is 1. The lowest BCUT2D eigenvalue weighted by atomic mass is 9.95. The fourth-order valence-electron chi connectivity index (χ4n) is 1.92. The summed E-state index contributed by atoms with van der Waals surface area (Å²) < 4.78 is 5.44. The minimum Gasteiger partial charge on any atom is -0.390 e. The molecule has 0 radical (unpaired) electrons. The van der Waals surface area contributed by atoms with Crippen molar-refractivity contribution in [1.82, 2.24) is 10.2 Å². The second-order valence-electron chi connectivity index (χ2n) is 5.01. The zero-order chi connectivity index (χ0) is 11.3. The van der Waals surface area contributed by atoms with Gasteiger partial charge in [-0.1, -0.05) is 0 Å². The Morgan fingerprint density at radius 2 is 2.27 bits per heavy atom. The van der Waals surface area contributed by atoms with E-state index in [4.69, 9.17) is 4.74 Å². The van der Waals surface area contributed by atoms with Crippen molar-refractivity contribution in [3.8, 4) is 0 Å². The highest BCUT2D eigenvalue weighted by atomic mass is 16.5. The molecule has 4 heteroatoms. The van der Waals surface area contributed by atoms with Crippen LogP contribution in [0.2, 0.25) is 0 Å². The summed E-state index contributed by atoms with van der Waals surface area (Å²) in [5.41, 5.74) is 0.0472. The van der Waals surface area contributed by atoms with Crippen molar-refractivity contribution < 1.29 is 9.84 Å². The molecule has 2 N–H and O–H groups in total. The molecule has 0 aliphatic carbocycles. The predicted molar refractivity (Wildman–Crippen MR) is 61.0 cm³/mol. The summed E-state index contributed by atoms with van der Waals surface area (Å²) in [4.78, 5) is 1.99. The summed E-state index contributed by atoms with van der Waals surface area (Å²) in [5, 5.41) is 13.1. The largest absolute Gasteiger partial charge is 0.390 e. The maximum absolute atomic E-state index is 9.72. The number of ether oxygens (including phenoxy) is 1. The van der Waals surface area contributed by atoms with E-state index in [1.807, 2.05) is 19.0 Å². The highest BCUT2D eigenvalue weighted by molar-refractivity contribution is 4.86. The molecule has 2 unspecified atom stereocenters. The number of hydrogen-bond donors (Lipinski definition) is 2. The van der Waals surface area contributed by atoms with E-state index < -0.39 is 0 Å². The van der Waals surface area contributed by atoms with Crippen molar-refractivity contribution in [2.24, 2.45) is 0 Å². The standard InChI is InChI=1S/C11H24N2O2/c1-11(5-4-6-15-9-11)12-7-10(14)8-13(2)3/h10,12,14H,4-9H2,1-3H3. The summed E-state index contributed by atoms with van der Waals surface area (Å²) in [7, 11) is 3.93. The Bertz CT molecular complexity index is 179. The van der Waals surface area contributed by atoms with Crippen LogP contribution in [-0.2, 0) is 4.74 Å². The van der Waals surface area contributed by atoms with Crippen LogP contribution in [0, 0.1) is 0 Å². The van der Waals surface area contributed by atoms with Crippen LogP contribution in [0.5, 0.6) is 0 Å². The lowest BCUT2D eigenvalue weighted by molar-refractivity contribution is 0.0206. The molecule has 15 heavy (non-hydrogen) atoms. The Kier molecular flexibility index (Phi) is 4.99. The molecule has 0 amide bonds. The zero-order valence-electron chi connectivity index (χ0n) is 10.1. The van der Waals surface area contributed by atoms with Gasteiger partial charge in [0.2, 0.25) is 0 Å². The second-order valence-corrected chi connectivity index (χ2v) is 5.01. The van der Waals surface area contributed by atoms with Crippen molar-refractivity contribution in [2.75, 3.05) is 40.4 Å². The average Bonchev–Trinajstić information content (AvgIpc) is 2.15.